The fourth-order valence-corrected chi connectivity index (χ4v) is 3.67. The molecule has 6 heteroatoms. The van der Waals surface area contributed by atoms with Crippen molar-refractivity contribution in [2.24, 2.45) is 17.8 Å². The van der Waals surface area contributed by atoms with E-state index in [1.54, 1.807) is 0 Å². The Labute approximate surface area is 124 Å². The van der Waals surface area contributed by atoms with Crippen LogP contribution in [0.15, 0.2) is 0 Å². The zero-order chi connectivity index (χ0) is 14.8. The maximum atomic E-state index is 12.6. The molecule has 0 bridgehead atoms. The highest BCUT2D eigenvalue weighted by molar-refractivity contribution is 6.16. The van der Waals surface area contributed by atoms with Crippen molar-refractivity contribution in [1.29, 1.82) is 0 Å². The molecule has 0 radical (unpaired) electrons. The average molecular weight is 294 g/mol. The second-order valence-electron chi connectivity index (χ2n) is 6.32. The van der Waals surface area contributed by atoms with E-state index < -0.39 is 17.9 Å². The highest BCUT2D eigenvalue weighted by Gasteiger charge is 2.45. The summed E-state index contributed by atoms with van der Waals surface area (Å²) in [5.74, 6) is -0.854. The van der Waals surface area contributed by atoms with Gasteiger partial charge in [0.15, 0.2) is 0 Å². The van der Waals surface area contributed by atoms with Gasteiger partial charge in [-0.25, -0.2) is 4.79 Å². The predicted molar refractivity (Wildman–Crippen MR) is 74.2 cm³/mol. The lowest BCUT2D eigenvalue weighted by Crippen LogP contribution is -2.59. The van der Waals surface area contributed by atoms with Gasteiger partial charge < -0.3 is 4.74 Å². The largest absolute Gasteiger partial charge is 0.381 e. The third kappa shape index (κ3) is 2.95. The van der Waals surface area contributed by atoms with Crippen LogP contribution in [0.4, 0.5) is 4.79 Å². The monoisotopic (exact) mass is 294 g/mol. The Balaban J connectivity index is 1.65. The Hall–Kier alpha value is -1.43. The molecule has 116 valence electrons. The molecule has 3 aliphatic rings. The highest BCUT2D eigenvalue weighted by atomic mass is 16.5. The third-order valence-electron chi connectivity index (χ3n) is 4.95. The summed E-state index contributed by atoms with van der Waals surface area (Å²) in [6, 6.07) is -0.557. The summed E-state index contributed by atoms with van der Waals surface area (Å²) < 4.78 is 5.31. The minimum Gasteiger partial charge on any atom is -0.381 e. The summed E-state index contributed by atoms with van der Waals surface area (Å²) in [6.07, 6.45) is 5.67. The fourth-order valence-electron chi connectivity index (χ4n) is 3.67. The summed E-state index contributed by atoms with van der Waals surface area (Å²) in [5, 5.41) is 2.36. The lowest BCUT2D eigenvalue weighted by Gasteiger charge is -2.33. The van der Waals surface area contributed by atoms with Gasteiger partial charge in [-0.1, -0.05) is 12.8 Å². The lowest BCUT2D eigenvalue weighted by molar-refractivity contribution is -0.145. The van der Waals surface area contributed by atoms with E-state index in [2.05, 4.69) is 5.32 Å². The summed E-state index contributed by atoms with van der Waals surface area (Å²) in [5.41, 5.74) is 0. The molecule has 0 spiro atoms. The van der Waals surface area contributed by atoms with Crippen molar-refractivity contribution < 1.29 is 19.1 Å². The fraction of sp³-hybridized carbons (Fsp3) is 0.800. The number of nitrogens with one attached hydrogen (secondary N) is 1. The lowest BCUT2D eigenvalue weighted by atomic mass is 9.87. The van der Waals surface area contributed by atoms with Crippen LogP contribution < -0.4 is 5.32 Å². The maximum absolute atomic E-state index is 12.6. The first-order chi connectivity index (χ1) is 10.2. The first-order valence-corrected chi connectivity index (χ1v) is 7.91. The summed E-state index contributed by atoms with van der Waals surface area (Å²) >= 11 is 0. The molecule has 1 saturated carbocycles. The van der Waals surface area contributed by atoms with Crippen molar-refractivity contribution in [2.75, 3.05) is 19.8 Å². The quantitative estimate of drug-likeness (QED) is 0.793. The van der Waals surface area contributed by atoms with Gasteiger partial charge in [-0.05, 0) is 37.5 Å². The standard InChI is InChI=1S/C15H22N2O4/c18-13-12(11-3-1-2-4-11)14(19)17(15(20)16-13)7-5-10-6-8-21-9-10/h10-12H,1-9H2,(H,16,18,20). The molecule has 0 aromatic rings. The van der Waals surface area contributed by atoms with E-state index in [0.717, 1.165) is 45.1 Å². The molecule has 21 heavy (non-hydrogen) atoms. The number of barbiturate groups is 1. The Kier molecular flexibility index (Phi) is 4.24. The molecule has 3 rings (SSSR count). The normalized spacial score (nSPS) is 31.0. The van der Waals surface area contributed by atoms with E-state index in [1.807, 2.05) is 0 Å². The molecule has 2 saturated heterocycles. The molecular weight excluding hydrogens is 272 g/mol. The van der Waals surface area contributed by atoms with Crippen LogP contribution in [0.1, 0.15) is 38.5 Å². The van der Waals surface area contributed by atoms with E-state index >= 15 is 0 Å². The molecule has 2 unspecified atom stereocenters. The number of imide groups is 2. The van der Waals surface area contributed by atoms with Crippen LogP contribution >= 0.6 is 0 Å². The van der Waals surface area contributed by atoms with Gasteiger partial charge in [0.1, 0.15) is 5.92 Å². The maximum Gasteiger partial charge on any atom is 0.330 e. The van der Waals surface area contributed by atoms with Gasteiger partial charge in [0.2, 0.25) is 11.8 Å². The molecule has 0 aromatic heterocycles. The minimum absolute atomic E-state index is 0.0999. The number of carbonyl (C=O) groups is 3. The van der Waals surface area contributed by atoms with Crippen LogP contribution in [0.2, 0.25) is 0 Å². The van der Waals surface area contributed by atoms with Crippen molar-refractivity contribution in [3.05, 3.63) is 0 Å². The van der Waals surface area contributed by atoms with Gasteiger partial charge in [0.05, 0.1) is 0 Å². The van der Waals surface area contributed by atoms with Crippen LogP contribution in [0.25, 0.3) is 0 Å². The smallest absolute Gasteiger partial charge is 0.330 e. The Morgan fingerprint density at radius 2 is 1.90 bits per heavy atom. The van der Waals surface area contributed by atoms with Gasteiger partial charge in [0, 0.05) is 19.8 Å². The molecule has 2 atom stereocenters. The zero-order valence-electron chi connectivity index (χ0n) is 12.2. The van der Waals surface area contributed by atoms with E-state index in [1.165, 1.54) is 4.90 Å². The average Bonchev–Trinajstić information content (AvgIpc) is 3.10. The molecule has 2 aliphatic heterocycles. The molecule has 3 fully saturated rings. The first kappa shape index (κ1) is 14.5. The number of amides is 4. The van der Waals surface area contributed by atoms with Gasteiger partial charge >= 0.3 is 6.03 Å². The van der Waals surface area contributed by atoms with Crippen molar-refractivity contribution in [2.45, 2.75) is 38.5 Å². The first-order valence-electron chi connectivity index (χ1n) is 7.91. The van der Waals surface area contributed by atoms with Crippen LogP contribution in [-0.2, 0) is 14.3 Å². The second-order valence-corrected chi connectivity index (χ2v) is 6.32. The zero-order valence-corrected chi connectivity index (χ0v) is 12.2. The van der Waals surface area contributed by atoms with Crippen LogP contribution in [0.3, 0.4) is 0 Å². The molecule has 2 heterocycles. The molecule has 1 N–H and O–H groups in total. The number of hydrogen-bond acceptors (Lipinski definition) is 4. The van der Waals surface area contributed by atoms with E-state index in [9.17, 15) is 14.4 Å². The minimum atomic E-state index is -0.662. The number of rotatable bonds is 4. The molecule has 6 nitrogen and oxygen atoms in total. The van der Waals surface area contributed by atoms with Gasteiger partial charge in [-0.2, -0.15) is 0 Å². The van der Waals surface area contributed by atoms with Crippen LogP contribution in [-0.4, -0.2) is 42.5 Å². The van der Waals surface area contributed by atoms with Crippen LogP contribution in [0.5, 0.6) is 0 Å². The van der Waals surface area contributed by atoms with Gasteiger partial charge in [0.25, 0.3) is 0 Å². The van der Waals surface area contributed by atoms with Gasteiger partial charge in [-0.3, -0.25) is 19.8 Å². The summed E-state index contributed by atoms with van der Waals surface area (Å²) in [6.45, 7) is 1.85. The molecule has 1 aliphatic carbocycles. The number of nitrogens with zero attached hydrogens (tertiary/aromatic N) is 1. The molecule has 4 amide bonds. The number of ether oxygens (including phenoxy) is 1. The van der Waals surface area contributed by atoms with Crippen molar-refractivity contribution in [1.82, 2.24) is 10.2 Å². The number of carbonyl (C=O) groups excluding carboxylic acids is 3. The Bertz CT molecular complexity index is 439. The third-order valence-corrected chi connectivity index (χ3v) is 4.95. The number of hydrogen-bond donors (Lipinski definition) is 1. The van der Waals surface area contributed by atoms with E-state index in [-0.39, 0.29) is 11.8 Å². The van der Waals surface area contributed by atoms with E-state index in [0.29, 0.717) is 19.1 Å². The van der Waals surface area contributed by atoms with Crippen molar-refractivity contribution in [3.63, 3.8) is 0 Å². The second kappa shape index (κ2) is 6.13. The Morgan fingerprint density at radius 3 is 2.57 bits per heavy atom. The van der Waals surface area contributed by atoms with Gasteiger partial charge in [-0.15, -0.1) is 0 Å². The topological polar surface area (TPSA) is 75.7 Å². The number of urea groups is 1. The SMILES string of the molecule is O=C1NC(=O)N(CCC2CCOC2)C(=O)C1C1CCCC1. The summed E-state index contributed by atoms with van der Waals surface area (Å²) in [7, 11) is 0. The van der Waals surface area contributed by atoms with Crippen molar-refractivity contribution in [3.8, 4) is 0 Å². The predicted octanol–water partition coefficient (Wildman–Crippen LogP) is 1.30. The van der Waals surface area contributed by atoms with Crippen molar-refractivity contribution >= 4 is 17.8 Å². The van der Waals surface area contributed by atoms with Crippen LogP contribution in [0, 0.1) is 17.8 Å². The molecular formula is C15H22N2O4. The van der Waals surface area contributed by atoms with E-state index in [4.69, 9.17) is 4.74 Å². The Morgan fingerprint density at radius 1 is 1.14 bits per heavy atom. The molecule has 0 aromatic carbocycles. The summed E-state index contributed by atoms with van der Waals surface area (Å²) in [4.78, 5) is 37.7. The highest BCUT2D eigenvalue weighted by Crippen LogP contribution is 2.34.